The van der Waals surface area contributed by atoms with E-state index in [2.05, 4.69) is 17.2 Å². The van der Waals surface area contributed by atoms with Crippen LogP contribution in [0.3, 0.4) is 0 Å². The number of unbranched alkanes of at least 4 members (excludes halogenated alkanes) is 1. The van der Waals surface area contributed by atoms with E-state index >= 15 is 0 Å². The number of halogens is 1. The third-order valence-corrected chi connectivity index (χ3v) is 5.83. The molecular formula is C26H30ClN3O4. The summed E-state index contributed by atoms with van der Waals surface area (Å²) in [6, 6.07) is 14.7. The summed E-state index contributed by atoms with van der Waals surface area (Å²) in [6.07, 6.45) is 3.05. The SMILES string of the molecule is CCCCc1nc(CNC(=O)OCCC)c(Cl)n1Cc1ccc(-c2ccccc2C(=O)O)cc1. The van der Waals surface area contributed by atoms with Crippen LogP contribution >= 0.6 is 11.6 Å². The number of benzene rings is 2. The molecule has 3 aromatic rings. The monoisotopic (exact) mass is 483 g/mol. The minimum absolute atomic E-state index is 0.193. The first-order chi connectivity index (χ1) is 16.4. The third-order valence-electron chi connectivity index (χ3n) is 5.41. The fraction of sp³-hybridized carbons (Fsp3) is 0.346. The number of alkyl carbamates (subject to hydrolysis) is 1. The number of hydrogen-bond acceptors (Lipinski definition) is 4. The van der Waals surface area contributed by atoms with Gasteiger partial charge in [0.05, 0.1) is 31.0 Å². The van der Waals surface area contributed by atoms with Gasteiger partial charge < -0.3 is 19.7 Å². The van der Waals surface area contributed by atoms with Gasteiger partial charge in [-0.25, -0.2) is 14.6 Å². The average molecular weight is 484 g/mol. The number of amides is 1. The summed E-state index contributed by atoms with van der Waals surface area (Å²) in [5, 5.41) is 12.7. The Hall–Kier alpha value is -3.32. The summed E-state index contributed by atoms with van der Waals surface area (Å²) in [5.41, 5.74) is 3.39. The summed E-state index contributed by atoms with van der Waals surface area (Å²) in [7, 11) is 0. The van der Waals surface area contributed by atoms with E-state index in [0.717, 1.165) is 42.6 Å². The molecule has 0 saturated carbocycles. The van der Waals surface area contributed by atoms with Gasteiger partial charge in [0.25, 0.3) is 0 Å². The van der Waals surface area contributed by atoms with Crippen LogP contribution in [0.25, 0.3) is 11.1 Å². The average Bonchev–Trinajstić information content (AvgIpc) is 3.14. The molecular weight excluding hydrogens is 454 g/mol. The molecule has 1 heterocycles. The zero-order chi connectivity index (χ0) is 24.5. The molecule has 34 heavy (non-hydrogen) atoms. The molecule has 0 atom stereocenters. The van der Waals surface area contributed by atoms with Crippen molar-refractivity contribution < 1.29 is 19.4 Å². The highest BCUT2D eigenvalue weighted by molar-refractivity contribution is 6.30. The van der Waals surface area contributed by atoms with Crippen molar-refractivity contribution in [2.75, 3.05) is 6.61 Å². The van der Waals surface area contributed by atoms with Gasteiger partial charge in [-0.3, -0.25) is 0 Å². The van der Waals surface area contributed by atoms with Crippen LogP contribution in [0.2, 0.25) is 5.15 Å². The number of hydrogen-bond donors (Lipinski definition) is 2. The van der Waals surface area contributed by atoms with Gasteiger partial charge in [-0.1, -0.05) is 74.3 Å². The largest absolute Gasteiger partial charge is 0.478 e. The number of nitrogens with one attached hydrogen (secondary N) is 1. The molecule has 0 aliphatic rings. The van der Waals surface area contributed by atoms with E-state index in [9.17, 15) is 14.7 Å². The molecule has 0 saturated heterocycles. The van der Waals surface area contributed by atoms with Crippen molar-refractivity contribution in [1.82, 2.24) is 14.9 Å². The van der Waals surface area contributed by atoms with Gasteiger partial charge in [0.2, 0.25) is 0 Å². The van der Waals surface area contributed by atoms with Crippen molar-refractivity contribution in [3.63, 3.8) is 0 Å². The van der Waals surface area contributed by atoms with Gasteiger partial charge in [0.1, 0.15) is 11.0 Å². The van der Waals surface area contributed by atoms with Crippen molar-refractivity contribution in [2.24, 2.45) is 0 Å². The lowest BCUT2D eigenvalue weighted by Gasteiger charge is -2.11. The van der Waals surface area contributed by atoms with Crippen LogP contribution in [0.15, 0.2) is 48.5 Å². The fourth-order valence-electron chi connectivity index (χ4n) is 3.63. The molecule has 0 radical (unpaired) electrons. The molecule has 0 bridgehead atoms. The molecule has 2 aromatic carbocycles. The Labute approximate surface area is 204 Å². The molecule has 8 heteroatoms. The fourth-order valence-corrected chi connectivity index (χ4v) is 3.89. The van der Waals surface area contributed by atoms with E-state index in [1.165, 1.54) is 0 Å². The number of carbonyl (C=O) groups excluding carboxylic acids is 1. The highest BCUT2D eigenvalue weighted by Gasteiger charge is 2.17. The van der Waals surface area contributed by atoms with Gasteiger partial charge in [0.15, 0.2) is 0 Å². The normalized spacial score (nSPS) is 10.8. The number of ether oxygens (including phenoxy) is 1. The van der Waals surface area contributed by atoms with Crippen molar-refractivity contribution in [1.29, 1.82) is 0 Å². The van der Waals surface area contributed by atoms with Crippen LogP contribution in [0, 0.1) is 0 Å². The summed E-state index contributed by atoms with van der Waals surface area (Å²) in [4.78, 5) is 28.1. The van der Waals surface area contributed by atoms with Gasteiger partial charge in [-0.15, -0.1) is 0 Å². The van der Waals surface area contributed by atoms with Crippen molar-refractivity contribution >= 4 is 23.7 Å². The Bertz CT molecular complexity index is 1130. The van der Waals surface area contributed by atoms with Crippen LogP contribution in [0.5, 0.6) is 0 Å². The van der Waals surface area contributed by atoms with Crippen molar-refractivity contribution in [2.45, 2.75) is 52.6 Å². The first-order valence-electron chi connectivity index (χ1n) is 11.5. The molecule has 0 spiro atoms. The smallest absolute Gasteiger partial charge is 0.407 e. The highest BCUT2D eigenvalue weighted by Crippen LogP contribution is 2.26. The lowest BCUT2D eigenvalue weighted by molar-refractivity contribution is 0.0697. The number of carboxylic acid groups (broad SMARTS) is 1. The second kappa shape index (κ2) is 12.2. The predicted octanol–water partition coefficient (Wildman–Crippen LogP) is 5.93. The summed E-state index contributed by atoms with van der Waals surface area (Å²) in [6.45, 7) is 5.13. The summed E-state index contributed by atoms with van der Waals surface area (Å²) >= 11 is 6.67. The molecule has 0 unspecified atom stereocenters. The highest BCUT2D eigenvalue weighted by atomic mass is 35.5. The molecule has 3 rings (SSSR count). The number of carbonyl (C=O) groups is 2. The van der Waals surface area contributed by atoms with Gasteiger partial charge in [-0.05, 0) is 35.6 Å². The van der Waals surface area contributed by atoms with E-state index in [4.69, 9.17) is 16.3 Å². The minimum Gasteiger partial charge on any atom is -0.478 e. The number of rotatable bonds is 11. The van der Waals surface area contributed by atoms with Crippen LogP contribution in [0.4, 0.5) is 4.79 Å². The molecule has 7 nitrogen and oxygen atoms in total. The first-order valence-corrected chi connectivity index (χ1v) is 11.9. The zero-order valence-electron chi connectivity index (χ0n) is 19.5. The second-order valence-electron chi connectivity index (χ2n) is 7.99. The van der Waals surface area contributed by atoms with Crippen molar-refractivity contribution in [3.05, 3.63) is 76.3 Å². The quantitative estimate of drug-likeness (QED) is 0.352. The molecule has 0 aliphatic carbocycles. The Balaban J connectivity index is 1.80. The van der Waals surface area contributed by atoms with Gasteiger partial charge in [0, 0.05) is 6.42 Å². The molecule has 0 fully saturated rings. The van der Waals surface area contributed by atoms with E-state index < -0.39 is 12.1 Å². The number of carboxylic acids is 1. The van der Waals surface area contributed by atoms with Crippen LogP contribution in [-0.2, 0) is 24.2 Å². The van der Waals surface area contributed by atoms with E-state index in [1.807, 2.05) is 41.8 Å². The standard InChI is InChI=1S/C26H30ClN3O4/c1-3-5-10-23-29-22(16-28-26(33)34-15-4-2)24(27)30(23)17-18-11-13-19(14-12-18)20-8-6-7-9-21(20)25(31)32/h6-9,11-14H,3-5,10,15-17H2,1-2H3,(H,28,33)(H,31,32). The maximum absolute atomic E-state index is 11.8. The van der Waals surface area contributed by atoms with Crippen LogP contribution in [0.1, 0.15) is 60.5 Å². The number of nitrogens with zero attached hydrogens (tertiary/aromatic N) is 2. The lowest BCUT2D eigenvalue weighted by Crippen LogP contribution is -2.24. The Morgan fingerprint density at radius 3 is 2.50 bits per heavy atom. The van der Waals surface area contributed by atoms with E-state index in [0.29, 0.717) is 29.6 Å². The maximum atomic E-state index is 11.8. The number of imidazole rings is 1. The topological polar surface area (TPSA) is 93.5 Å². The van der Waals surface area contributed by atoms with Gasteiger partial charge >= 0.3 is 12.1 Å². The Morgan fingerprint density at radius 2 is 1.82 bits per heavy atom. The van der Waals surface area contributed by atoms with Gasteiger partial charge in [-0.2, -0.15) is 0 Å². The Morgan fingerprint density at radius 1 is 1.09 bits per heavy atom. The van der Waals surface area contributed by atoms with Crippen LogP contribution < -0.4 is 5.32 Å². The van der Waals surface area contributed by atoms with E-state index in [1.54, 1.807) is 18.2 Å². The van der Waals surface area contributed by atoms with Crippen LogP contribution in [-0.4, -0.2) is 33.3 Å². The number of aromatic nitrogens is 2. The summed E-state index contributed by atoms with van der Waals surface area (Å²) < 4.78 is 7.02. The number of aromatic carboxylic acids is 1. The summed E-state index contributed by atoms with van der Waals surface area (Å²) in [5.74, 6) is -0.0870. The second-order valence-corrected chi connectivity index (χ2v) is 8.35. The molecule has 2 N–H and O–H groups in total. The third kappa shape index (κ3) is 6.38. The zero-order valence-corrected chi connectivity index (χ0v) is 20.3. The molecule has 1 amide bonds. The predicted molar refractivity (Wildman–Crippen MR) is 132 cm³/mol. The Kier molecular flexibility index (Phi) is 9.10. The first kappa shape index (κ1) is 25.3. The lowest BCUT2D eigenvalue weighted by atomic mass is 9.99. The molecule has 0 aliphatic heterocycles. The van der Waals surface area contributed by atoms with Crippen molar-refractivity contribution in [3.8, 4) is 11.1 Å². The molecule has 180 valence electrons. The minimum atomic E-state index is -0.954. The number of aryl methyl sites for hydroxylation is 1. The van der Waals surface area contributed by atoms with E-state index in [-0.39, 0.29) is 12.1 Å². The maximum Gasteiger partial charge on any atom is 0.407 e. The molecule has 1 aromatic heterocycles.